The molecule has 0 spiro atoms. The molecule has 1 aliphatic carbocycles. The van der Waals surface area contributed by atoms with Crippen LogP contribution in [0.1, 0.15) is 42.7 Å². The summed E-state index contributed by atoms with van der Waals surface area (Å²) in [6.07, 6.45) is 3.61. The predicted octanol–water partition coefficient (Wildman–Crippen LogP) is 4.12. The molecule has 2 nitrogen and oxygen atoms in total. The molecule has 1 aromatic rings. The molecule has 1 aromatic carbocycles. The molecule has 0 heterocycles. The Bertz CT molecular complexity index is 420. The summed E-state index contributed by atoms with van der Waals surface area (Å²) in [6.45, 7) is 2.13. The molecule has 2 rings (SSSR count). The summed E-state index contributed by atoms with van der Waals surface area (Å²) in [6, 6.07) is 6.37. The summed E-state index contributed by atoms with van der Waals surface area (Å²) in [4.78, 5) is 10.9. The van der Waals surface area contributed by atoms with Gasteiger partial charge in [0.25, 0.3) is 0 Å². The maximum atomic E-state index is 10.9. The third-order valence-electron chi connectivity index (χ3n) is 3.76. The Morgan fingerprint density at radius 3 is 2.53 bits per heavy atom. The van der Waals surface area contributed by atoms with E-state index in [1.165, 1.54) is 11.1 Å². The van der Waals surface area contributed by atoms with Gasteiger partial charge in [-0.2, -0.15) is 0 Å². The van der Waals surface area contributed by atoms with Crippen LogP contribution in [0.25, 0.3) is 0 Å². The van der Waals surface area contributed by atoms with Crippen molar-refractivity contribution < 1.29 is 9.90 Å². The minimum Gasteiger partial charge on any atom is -0.481 e. The molecule has 0 radical (unpaired) electrons. The van der Waals surface area contributed by atoms with E-state index in [4.69, 9.17) is 5.11 Å². The topological polar surface area (TPSA) is 37.3 Å². The Labute approximate surface area is 110 Å². The van der Waals surface area contributed by atoms with Gasteiger partial charge in [0.1, 0.15) is 0 Å². The number of aryl methyl sites for hydroxylation is 1. The van der Waals surface area contributed by atoms with E-state index in [1.807, 2.05) is 0 Å². The zero-order valence-electron chi connectivity index (χ0n) is 9.95. The Kier molecular flexibility index (Phi) is 3.87. The minimum atomic E-state index is -0.630. The first-order valence-corrected chi connectivity index (χ1v) is 6.86. The van der Waals surface area contributed by atoms with Gasteiger partial charge in [0.2, 0.25) is 0 Å². The van der Waals surface area contributed by atoms with Gasteiger partial charge in [-0.1, -0.05) is 22.0 Å². The second-order valence-corrected chi connectivity index (χ2v) is 5.80. The van der Waals surface area contributed by atoms with Crippen molar-refractivity contribution in [1.29, 1.82) is 0 Å². The van der Waals surface area contributed by atoms with E-state index >= 15 is 0 Å². The molecule has 3 heteroatoms. The molecule has 0 atom stereocenters. The lowest BCUT2D eigenvalue weighted by atomic mass is 9.77. The van der Waals surface area contributed by atoms with Crippen LogP contribution in [0.3, 0.4) is 0 Å². The molecular weight excluding hydrogens is 280 g/mol. The highest BCUT2D eigenvalue weighted by Crippen LogP contribution is 2.37. The first-order valence-electron chi connectivity index (χ1n) is 6.07. The molecule has 17 heavy (non-hydrogen) atoms. The van der Waals surface area contributed by atoms with Gasteiger partial charge < -0.3 is 5.11 Å². The van der Waals surface area contributed by atoms with Crippen LogP contribution in [0, 0.1) is 12.8 Å². The average Bonchev–Trinajstić information content (AvgIpc) is 2.32. The Hall–Kier alpha value is -0.830. The van der Waals surface area contributed by atoms with Crippen LogP contribution in [0.4, 0.5) is 0 Å². The van der Waals surface area contributed by atoms with Crippen LogP contribution < -0.4 is 0 Å². The first-order chi connectivity index (χ1) is 8.08. The molecule has 0 aliphatic heterocycles. The molecule has 0 amide bonds. The molecular formula is C14H17BrO2. The lowest BCUT2D eigenvalue weighted by molar-refractivity contribution is -0.142. The van der Waals surface area contributed by atoms with Crippen molar-refractivity contribution in [1.82, 2.24) is 0 Å². The summed E-state index contributed by atoms with van der Waals surface area (Å²) >= 11 is 3.50. The molecule has 0 bridgehead atoms. The number of aliphatic carboxylic acids is 1. The molecule has 1 N–H and O–H groups in total. The van der Waals surface area contributed by atoms with Crippen LogP contribution in [0.5, 0.6) is 0 Å². The van der Waals surface area contributed by atoms with Crippen LogP contribution in [-0.4, -0.2) is 11.1 Å². The Morgan fingerprint density at radius 2 is 1.94 bits per heavy atom. The average molecular weight is 297 g/mol. The van der Waals surface area contributed by atoms with Gasteiger partial charge in [-0.25, -0.2) is 0 Å². The standard InChI is InChI=1S/C14H17BrO2/c1-9-2-7-12(15)8-13(9)10-3-5-11(6-4-10)14(16)17/h2,7-8,10-11H,3-6H2,1H3,(H,16,17). The van der Waals surface area contributed by atoms with Gasteiger partial charge in [0.15, 0.2) is 0 Å². The monoisotopic (exact) mass is 296 g/mol. The van der Waals surface area contributed by atoms with E-state index in [1.54, 1.807) is 0 Å². The van der Waals surface area contributed by atoms with Crippen molar-refractivity contribution in [3.63, 3.8) is 0 Å². The highest BCUT2D eigenvalue weighted by molar-refractivity contribution is 9.10. The maximum Gasteiger partial charge on any atom is 0.306 e. The zero-order chi connectivity index (χ0) is 12.4. The normalized spacial score (nSPS) is 24.6. The fraction of sp³-hybridized carbons (Fsp3) is 0.500. The largest absolute Gasteiger partial charge is 0.481 e. The van der Waals surface area contributed by atoms with Crippen molar-refractivity contribution in [2.75, 3.05) is 0 Å². The second kappa shape index (κ2) is 5.21. The smallest absolute Gasteiger partial charge is 0.306 e. The van der Waals surface area contributed by atoms with Gasteiger partial charge in [-0.3, -0.25) is 4.79 Å². The number of hydrogen-bond acceptors (Lipinski definition) is 1. The summed E-state index contributed by atoms with van der Waals surface area (Å²) < 4.78 is 1.11. The summed E-state index contributed by atoms with van der Waals surface area (Å²) in [5.41, 5.74) is 2.69. The molecule has 1 saturated carbocycles. The molecule has 0 aromatic heterocycles. The number of hydrogen-bond donors (Lipinski definition) is 1. The highest BCUT2D eigenvalue weighted by Gasteiger charge is 2.27. The number of rotatable bonds is 2. The lowest BCUT2D eigenvalue weighted by Crippen LogP contribution is -2.20. The van der Waals surface area contributed by atoms with E-state index in [9.17, 15) is 4.79 Å². The SMILES string of the molecule is Cc1ccc(Br)cc1C1CCC(C(=O)O)CC1. The molecule has 1 aliphatic rings. The van der Waals surface area contributed by atoms with E-state index in [0.29, 0.717) is 5.92 Å². The second-order valence-electron chi connectivity index (χ2n) is 4.89. The predicted molar refractivity (Wildman–Crippen MR) is 71.2 cm³/mol. The maximum absolute atomic E-state index is 10.9. The fourth-order valence-corrected chi connectivity index (χ4v) is 3.08. The van der Waals surface area contributed by atoms with Crippen LogP contribution >= 0.6 is 15.9 Å². The third kappa shape index (κ3) is 2.89. The molecule has 0 saturated heterocycles. The quantitative estimate of drug-likeness (QED) is 0.891. The van der Waals surface area contributed by atoms with Gasteiger partial charge in [0.05, 0.1) is 5.92 Å². The summed E-state index contributed by atoms with van der Waals surface area (Å²) in [5, 5.41) is 8.99. The molecule has 1 fully saturated rings. The van der Waals surface area contributed by atoms with Crippen molar-refractivity contribution in [3.8, 4) is 0 Å². The first kappa shape index (κ1) is 12.6. The fourth-order valence-electron chi connectivity index (χ4n) is 2.70. The van der Waals surface area contributed by atoms with Gasteiger partial charge in [0, 0.05) is 4.47 Å². The van der Waals surface area contributed by atoms with Gasteiger partial charge in [-0.15, -0.1) is 0 Å². The van der Waals surface area contributed by atoms with E-state index < -0.39 is 5.97 Å². The van der Waals surface area contributed by atoms with Crippen LogP contribution in [-0.2, 0) is 4.79 Å². The number of carbonyl (C=O) groups is 1. The zero-order valence-corrected chi connectivity index (χ0v) is 11.5. The summed E-state index contributed by atoms with van der Waals surface area (Å²) in [7, 11) is 0. The number of carboxylic acids is 1. The van der Waals surface area contributed by atoms with Crippen molar-refractivity contribution in [2.24, 2.45) is 5.92 Å². The summed E-state index contributed by atoms with van der Waals surface area (Å²) in [5.74, 6) is -0.226. The molecule has 0 unspecified atom stereocenters. The minimum absolute atomic E-state index is 0.126. The van der Waals surface area contributed by atoms with Gasteiger partial charge in [-0.05, 0) is 61.8 Å². The van der Waals surface area contributed by atoms with E-state index in [-0.39, 0.29) is 5.92 Å². The van der Waals surface area contributed by atoms with Crippen LogP contribution in [0.2, 0.25) is 0 Å². The highest BCUT2D eigenvalue weighted by atomic mass is 79.9. The van der Waals surface area contributed by atoms with E-state index in [2.05, 4.69) is 41.1 Å². The third-order valence-corrected chi connectivity index (χ3v) is 4.25. The van der Waals surface area contributed by atoms with E-state index in [0.717, 1.165) is 30.2 Å². The van der Waals surface area contributed by atoms with Crippen LogP contribution in [0.15, 0.2) is 22.7 Å². The number of benzene rings is 1. The molecule has 92 valence electrons. The number of halogens is 1. The van der Waals surface area contributed by atoms with Gasteiger partial charge >= 0.3 is 5.97 Å². The van der Waals surface area contributed by atoms with Crippen molar-refractivity contribution in [2.45, 2.75) is 38.5 Å². The lowest BCUT2D eigenvalue weighted by Gasteiger charge is -2.27. The Balaban J connectivity index is 2.10. The Morgan fingerprint density at radius 1 is 1.29 bits per heavy atom. The van der Waals surface area contributed by atoms with Crippen molar-refractivity contribution in [3.05, 3.63) is 33.8 Å². The van der Waals surface area contributed by atoms with Crippen molar-refractivity contribution >= 4 is 21.9 Å². The number of carboxylic acid groups (broad SMARTS) is 1.